The van der Waals surface area contributed by atoms with Crippen molar-refractivity contribution in [2.45, 2.75) is 25.7 Å². The largest absolute Gasteiger partial charge is 0.481 e. The lowest BCUT2D eigenvalue weighted by Gasteiger charge is -2.26. The molecule has 1 saturated carbocycles. The Morgan fingerprint density at radius 3 is 2.47 bits per heavy atom. The number of rotatable bonds is 4. The van der Waals surface area contributed by atoms with Crippen LogP contribution in [-0.4, -0.2) is 23.7 Å². The van der Waals surface area contributed by atoms with Crippen molar-refractivity contribution in [1.82, 2.24) is 0 Å². The molecule has 0 radical (unpaired) electrons. The second-order valence-electron chi connectivity index (χ2n) is 3.75. The number of esters is 1. The van der Waals surface area contributed by atoms with Gasteiger partial charge >= 0.3 is 11.9 Å². The van der Waals surface area contributed by atoms with E-state index in [9.17, 15) is 9.59 Å². The van der Waals surface area contributed by atoms with Crippen molar-refractivity contribution < 1.29 is 19.4 Å². The van der Waals surface area contributed by atoms with Crippen molar-refractivity contribution in [3.05, 3.63) is 12.7 Å². The van der Waals surface area contributed by atoms with Gasteiger partial charge in [0.1, 0.15) is 6.61 Å². The fourth-order valence-electron chi connectivity index (χ4n) is 1.96. The smallest absolute Gasteiger partial charge is 0.310 e. The van der Waals surface area contributed by atoms with Gasteiger partial charge in [-0.05, 0) is 12.8 Å². The summed E-state index contributed by atoms with van der Waals surface area (Å²) in [6, 6.07) is 0. The zero-order chi connectivity index (χ0) is 11.3. The summed E-state index contributed by atoms with van der Waals surface area (Å²) in [5.74, 6) is -2.34. The number of carboxylic acids is 1. The first kappa shape index (κ1) is 11.8. The number of carbonyl (C=O) groups is 2. The molecule has 0 aromatic heterocycles. The van der Waals surface area contributed by atoms with Gasteiger partial charge in [-0.25, -0.2) is 0 Å². The highest BCUT2D eigenvalue weighted by Crippen LogP contribution is 2.31. The van der Waals surface area contributed by atoms with Crippen LogP contribution in [0.2, 0.25) is 0 Å². The molecule has 1 aliphatic rings. The van der Waals surface area contributed by atoms with Gasteiger partial charge in [-0.15, -0.1) is 0 Å². The maximum atomic E-state index is 11.5. The molecule has 4 nitrogen and oxygen atoms in total. The number of hydrogen-bond donors (Lipinski definition) is 1. The van der Waals surface area contributed by atoms with Gasteiger partial charge in [0.15, 0.2) is 0 Å². The Bertz CT molecular complexity index is 259. The van der Waals surface area contributed by atoms with E-state index < -0.39 is 23.8 Å². The molecule has 1 N–H and O–H groups in total. The first-order chi connectivity index (χ1) is 7.16. The average molecular weight is 212 g/mol. The summed E-state index contributed by atoms with van der Waals surface area (Å²) in [5, 5.41) is 8.96. The molecule has 15 heavy (non-hydrogen) atoms. The molecule has 0 aromatic carbocycles. The second kappa shape index (κ2) is 5.53. The third-order valence-electron chi connectivity index (χ3n) is 2.73. The highest BCUT2D eigenvalue weighted by Gasteiger charge is 2.36. The molecule has 0 saturated heterocycles. The lowest BCUT2D eigenvalue weighted by Crippen LogP contribution is -2.33. The standard InChI is InChI=1S/C11H16O4/c1-2-7-15-11(14)9-6-4-3-5-8(9)10(12)13/h2,8-9H,1,3-7H2,(H,12,13)/t8-,9+/m0/s1. The van der Waals surface area contributed by atoms with E-state index in [1.54, 1.807) is 0 Å². The van der Waals surface area contributed by atoms with E-state index in [1.165, 1.54) is 6.08 Å². The number of hydrogen-bond acceptors (Lipinski definition) is 3. The average Bonchev–Trinajstić information content (AvgIpc) is 2.25. The lowest BCUT2D eigenvalue weighted by atomic mass is 9.79. The van der Waals surface area contributed by atoms with Gasteiger partial charge < -0.3 is 9.84 Å². The van der Waals surface area contributed by atoms with E-state index in [-0.39, 0.29) is 6.61 Å². The zero-order valence-corrected chi connectivity index (χ0v) is 8.65. The highest BCUT2D eigenvalue weighted by molar-refractivity contribution is 5.81. The van der Waals surface area contributed by atoms with Crippen LogP contribution < -0.4 is 0 Å². The summed E-state index contributed by atoms with van der Waals surface area (Å²) < 4.78 is 4.89. The van der Waals surface area contributed by atoms with Gasteiger partial charge in [0.25, 0.3) is 0 Å². The van der Waals surface area contributed by atoms with Crippen LogP contribution in [0.15, 0.2) is 12.7 Å². The van der Waals surface area contributed by atoms with Gasteiger partial charge in [0.2, 0.25) is 0 Å². The number of aliphatic carboxylic acids is 1. The van der Waals surface area contributed by atoms with E-state index in [0.29, 0.717) is 12.8 Å². The van der Waals surface area contributed by atoms with Gasteiger partial charge in [-0.2, -0.15) is 0 Å². The fraction of sp³-hybridized carbons (Fsp3) is 0.636. The Kier molecular flexibility index (Phi) is 4.34. The maximum Gasteiger partial charge on any atom is 0.310 e. The first-order valence-electron chi connectivity index (χ1n) is 5.17. The third kappa shape index (κ3) is 3.08. The molecule has 1 rings (SSSR count). The van der Waals surface area contributed by atoms with Crippen LogP contribution >= 0.6 is 0 Å². The Balaban J connectivity index is 2.58. The lowest BCUT2D eigenvalue weighted by molar-refractivity contribution is -0.158. The van der Waals surface area contributed by atoms with Crippen LogP contribution in [0.4, 0.5) is 0 Å². The topological polar surface area (TPSA) is 63.6 Å². The van der Waals surface area contributed by atoms with Crippen LogP contribution in [0.1, 0.15) is 25.7 Å². The molecule has 0 bridgehead atoms. The predicted octanol–water partition coefficient (Wildman–Crippen LogP) is 1.61. The number of carboxylic acid groups (broad SMARTS) is 1. The minimum atomic E-state index is -0.893. The SMILES string of the molecule is C=CCOC(=O)[C@@H]1CCCC[C@@H]1C(=O)O. The first-order valence-corrected chi connectivity index (χ1v) is 5.17. The van der Waals surface area contributed by atoms with E-state index >= 15 is 0 Å². The summed E-state index contributed by atoms with van der Waals surface area (Å²) in [4.78, 5) is 22.5. The van der Waals surface area contributed by atoms with Gasteiger partial charge in [0, 0.05) is 0 Å². The van der Waals surface area contributed by atoms with E-state index in [1.807, 2.05) is 0 Å². The Hall–Kier alpha value is -1.32. The molecule has 0 spiro atoms. The monoisotopic (exact) mass is 212 g/mol. The van der Waals surface area contributed by atoms with Crippen LogP contribution in [0.3, 0.4) is 0 Å². The Morgan fingerprint density at radius 1 is 1.33 bits per heavy atom. The highest BCUT2D eigenvalue weighted by atomic mass is 16.5. The summed E-state index contributed by atoms with van der Waals surface area (Å²) >= 11 is 0. The van der Waals surface area contributed by atoms with Gasteiger partial charge in [-0.1, -0.05) is 25.5 Å². The molecule has 0 heterocycles. The van der Waals surface area contributed by atoms with Crippen molar-refractivity contribution in [3.8, 4) is 0 Å². The summed E-state index contributed by atoms with van der Waals surface area (Å²) in [5.41, 5.74) is 0. The molecule has 1 aliphatic carbocycles. The molecule has 2 atom stereocenters. The Morgan fingerprint density at radius 2 is 1.93 bits per heavy atom. The van der Waals surface area contributed by atoms with Crippen molar-refractivity contribution in [2.75, 3.05) is 6.61 Å². The zero-order valence-electron chi connectivity index (χ0n) is 8.65. The molecular formula is C11H16O4. The Labute approximate surface area is 88.9 Å². The normalized spacial score (nSPS) is 25.6. The summed E-state index contributed by atoms with van der Waals surface area (Å²) in [6.45, 7) is 3.59. The van der Waals surface area contributed by atoms with E-state index in [4.69, 9.17) is 9.84 Å². The van der Waals surface area contributed by atoms with Gasteiger partial charge in [0.05, 0.1) is 11.8 Å². The van der Waals surface area contributed by atoms with Crippen LogP contribution in [0.5, 0.6) is 0 Å². The van der Waals surface area contributed by atoms with Crippen molar-refractivity contribution in [3.63, 3.8) is 0 Å². The number of ether oxygens (including phenoxy) is 1. The molecule has 0 unspecified atom stereocenters. The van der Waals surface area contributed by atoms with Crippen molar-refractivity contribution in [2.24, 2.45) is 11.8 Å². The fourth-order valence-corrected chi connectivity index (χ4v) is 1.96. The molecule has 84 valence electrons. The van der Waals surface area contributed by atoms with Crippen molar-refractivity contribution >= 4 is 11.9 Å². The molecule has 0 amide bonds. The quantitative estimate of drug-likeness (QED) is 0.568. The molecular weight excluding hydrogens is 196 g/mol. The maximum absolute atomic E-state index is 11.5. The summed E-state index contributed by atoms with van der Waals surface area (Å²) in [7, 11) is 0. The molecule has 1 fully saturated rings. The minimum absolute atomic E-state index is 0.154. The predicted molar refractivity (Wildman–Crippen MR) is 54.2 cm³/mol. The van der Waals surface area contributed by atoms with Crippen molar-refractivity contribution in [1.29, 1.82) is 0 Å². The molecule has 0 aromatic rings. The van der Waals surface area contributed by atoms with Gasteiger partial charge in [-0.3, -0.25) is 9.59 Å². The van der Waals surface area contributed by atoms with Crippen LogP contribution in [0, 0.1) is 11.8 Å². The third-order valence-corrected chi connectivity index (χ3v) is 2.73. The number of carbonyl (C=O) groups excluding carboxylic acids is 1. The molecule has 0 aliphatic heterocycles. The minimum Gasteiger partial charge on any atom is -0.481 e. The summed E-state index contributed by atoms with van der Waals surface area (Å²) in [6.07, 6.45) is 4.45. The van der Waals surface area contributed by atoms with Crippen LogP contribution in [-0.2, 0) is 14.3 Å². The molecule has 4 heteroatoms. The van der Waals surface area contributed by atoms with E-state index in [2.05, 4.69) is 6.58 Å². The second-order valence-corrected chi connectivity index (χ2v) is 3.75. The van der Waals surface area contributed by atoms with E-state index in [0.717, 1.165) is 12.8 Å². The van der Waals surface area contributed by atoms with Crippen LogP contribution in [0.25, 0.3) is 0 Å².